The van der Waals surface area contributed by atoms with Crippen molar-refractivity contribution in [1.29, 1.82) is 0 Å². The fourth-order valence-electron chi connectivity index (χ4n) is 4.25. The van der Waals surface area contributed by atoms with E-state index < -0.39 is 11.8 Å². The molecular weight excluding hydrogens is 432 g/mol. The zero-order chi connectivity index (χ0) is 23.4. The van der Waals surface area contributed by atoms with Gasteiger partial charge < -0.3 is 10.2 Å². The SMILES string of the molecule is O=C1c2cccc3cccc(c23)C(=O)N1n1c(-c2ccc(O)cc2)nnc1-c1ccc(O)cc1. The molecule has 0 fully saturated rings. The third kappa shape index (κ3) is 2.86. The number of hydrogen-bond donors (Lipinski definition) is 2. The molecular formula is C26H16N4O4. The topological polar surface area (TPSA) is 109 Å². The number of hydrogen-bond acceptors (Lipinski definition) is 6. The van der Waals surface area contributed by atoms with E-state index >= 15 is 0 Å². The Labute approximate surface area is 192 Å². The third-order valence-electron chi connectivity index (χ3n) is 5.84. The number of benzene rings is 4. The summed E-state index contributed by atoms with van der Waals surface area (Å²) in [4.78, 5) is 27.5. The second-order valence-electron chi connectivity index (χ2n) is 7.88. The molecule has 1 aliphatic heterocycles. The van der Waals surface area contributed by atoms with Crippen molar-refractivity contribution in [3.63, 3.8) is 0 Å². The van der Waals surface area contributed by atoms with Crippen LogP contribution in [0.15, 0.2) is 84.9 Å². The Morgan fingerprint density at radius 3 is 1.47 bits per heavy atom. The lowest BCUT2D eigenvalue weighted by molar-refractivity contribution is 0.0853. The van der Waals surface area contributed by atoms with Crippen molar-refractivity contribution in [3.8, 4) is 34.3 Å². The summed E-state index contributed by atoms with van der Waals surface area (Å²) in [5, 5.41) is 30.5. The first-order valence-electron chi connectivity index (χ1n) is 10.5. The Kier molecular flexibility index (Phi) is 4.21. The van der Waals surface area contributed by atoms with Gasteiger partial charge in [0.1, 0.15) is 11.5 Å². The van der Waals surface area contributed by atoms with Crippen molar-refractivity contribution in [2.75, 3.05) is 5.01 Å². The standard InChI is InChI=1S/C26H16N4O4/c31-18-11-7-16(8-12-18)23-27-28-24(17-9-13-19(32)14-10-17)29(23)30-25(33)20-5-1-3-15-4-2-6-21(22(15)20)26(30)34/h1-14,31-32H. The molecule has 0 saturated heterocycles. The second kappa shape index (κ2) is 7.28. The summed E-state index contributed by atoms with van der Waals surface area (Å²) >= 11 is 0. The van der Waals surface area contributed by atoms with Crippen LogP contribution in [-0.2, 0) is 0 Å². The van der Waals surface area contributed by atoms with E-state index in [1.807, 2.05) is 12.1 Å². The van der Waals surface area contributed by atoms with E-state index in [0.29, 0.717) is 27.6 Å². The average Bonchev–Trinajstić information content (AvgIpc) is 3.28. The van der Waals surface area contributed by atoms with Crippen molar-refractivity contribution in [1.82, 2.24) is 14.9 Å². The third-order valence-corrected chi connectivity index (χ3v) is 5.84. The van der Waals surface area contributed by atoms with Crippen molar-refractivity contribution in [2.24, 2.45) is 0 Å². The van der Waals surface area contributed by atoms with Crippen LogP contribution in [0.4, 0.5) is 0 Å². The largest absolute Gasteiger partial charge is 0.508 e. The molecule has 2 amide bonds. The molecule has 0 atom stereocenters. The predicted octanol–water partition coefficient (Wildman–Crippen LogP) is 4.11. The molecule has 6 rings (SSSR count). The van der Waals surface area contributed by atoms with E-state index in [0.717, 1.165) is 10.4 Å². The van der Waals surface area contributed by atoms with E-state index in [2.05, 4.69) is 10.2 Å². The molecule has 1 aromatic heterocycles. The van der Waals surface area contributed by atoms with Crippen molar-refractivity contribution in [2.45, 2.75) is 0 Å². The number of carbonyl (C=O) groups excluding carboxylic acids is 2. The zero-order valence-electron chi connectivity index (χ0n) is 17.6. The maximum Gasteiger partial charge on any atom is 0.280 e. The van der Waals surface area contributed by atoms with Gasteiger partial charge in [0.2, 0.25) is 0 Å². The molecule has 0 aliphatic carbocycles. The minimum atomic E-state index is -0.505. The number of carbonyl (C=O) groups is 2. The number of aromatic nitrogens is 3. The number of rotatable bonds is 3. The molecule has 1 aliphatic rings. The van der Waals surface area contributed by atoms with Crippen LogP contribution in [0.3, 0.4) is 0 Å². The lowest BCUT2D eigenvalue weighted by Crippen LogP contribution is -2.48. The number of phenolic OH excluding ortho intramolecular Hbond substituents is 2. The fraction of sp³-hybridized carbons (Fsp3) is 0. The number of aromatic hydroxyl groups is 2. The van der Waals surface area contributed by atoms with Gasteiger partial charge in [0.05, 0.1) is 11.1 Å². The molecule has 5 aromatic rings. The van der Waals surface area contributed by atoms with Gasteiger partial charge in [-0.3, -0.25) is 9.59 Å². The van der Waals surface area contributed by atoms with E-state index in [1.165, 1.54) is 28.9 Å². The van der Waals surface area contributed by atoms with Crippen LogP contribution in [0, 0.1) is 0 Å². The van der Waals surface area contributed by atoms with Gasteiger partial charge in [-0.25, -0.2) is 4.68 Å². The van der Waals surface area contributed by atoms with E-state index in [9.17, 15) is 19.8 Å². The summed E-state index contributed by atoms with van der Waals surface area (Å²) in [5.41, 5.74) is 1.89. The Morgan fingerprint density at radius 1 is 0.588 bits per heavy atom. The van der Waals surface area contributed by atoms with Gasteiger partial charge in [0, 0.05) is 16.5 Å². The zero-order valence-corrected chi connectivity index (χ0v) is 17.6. The number of imide groups is 1. The smallest absolute Gasteiger partial charge is 0.280 e. The molecule has 0 spiro atoms. The quantitative estimate of drug-likeness (QED) is 0.402. The second-order valence-corrected chi connectivity index (χ2v) is 7.88. The Balaban J connectivity index is 1.62. The van der Waals surface area contributed by atoms with Crippen molar-refractivity contribution >= 4 is 22.6 Å². The molecule has 8 heteroatoms. The highest BCUT2D eigenvalue weighted by atomic mass is 16.3. The summed E-state index contributed by atoms with van der Waals surface area (Å²) in [7, 11) is 0. The number of nitrogens with zero attached hydrogens (tertiary/aromatic N) is 4. The molecule has 0 saturated carbocycles. The molecule has 8 nitrogen and oxygen atoms in total. The van der Waals surface area contributed by atoms with Crippen LogP contribution >= 0.6 is 0 Å². The maximum atomic E-state index is 13.7. The highest BCUT2D eigenvalue weighted by Crippen LogP contribution is 2.33. The molecule has 2 heterocycles. The minimum Gasteiger partial charge on any atom is -0.508 e. The van der Waals surface area contributed by atoms with E-state index in [-0.39, 0.29) is 23.1 Å². The van der Waals surface area contributed by atoms with E-state index in [4.69, 9.17) is 0 Å². The first-order valence-corrected chi connectivity index (χ1v) is 10.5. The average molecular weight is 448 g/mol. The van der Waals surface area contributed by atoms with Crippen LogP contribution in [0.5, 0.6) is 11.5 Å². The summed E-state index contributed by atoms with van der Waals surface area (Å²) in [6.45, 7) is 0. The maximum absolute atomic E-state index is 13.7. The Hall–Kier alpha value is -4.98. The molecule has 0 bridgehead atoms. The summed E-state index contributed by atoms with van der Waals surface area (Å²) in [6.07, 6.45) is 0. The predicted molar refractivity (Wildman–Crippen MR) is 125 cm³/mol. The van der Waals surface area contributed by atoms with Crippen molar-refractivity contribution in [3.05, 3.63) is 96.1 Å². The Morgan fingerprint density at radius 2 is 1.03 bits per heavy atom. The summed E-state index contributed by atoms with van der Waals surface area (Å²) in [5.74, 6) is -0.380. The van der Waals surface area contributed by atoms with Crippen LogP contribution in [0.1, 0.15) is 20.7 Å². The van der Waals surface area contributed by atoms with Crippen LogP contribution in [-0.4, -0.2) is 36.9 Å². The van der Waals surface area contributed by atoms with Gasteiger partial charge in [0.25, 0.3) is 11.8 Å². The lowest BCUT2D eigenvalue weighted by Gasteiger charge is -2.29. The monoisotopic (exact) mass is 448 g/mol. The highest BCUT2D eigenvalue weighted by Gasteiger charge is 2.37. The van der Waals surface area contributed by atoms with Gasteiger partial charge in [-0.05, 0) is 66.0 Å². The summed E-state index contributed by atoms with van der Waals surface area (Å²) < 4.78 is 1.39. The molecule has 0 unspecified atom stereocenters. The first-order chi connectivity index (χ1) is 16.5. The molecule has 4 aromatic carbocycles. The first kappa shape index (κ1) is 19.7. The number of phenols is 2. The highest BCUT2D eigenvalue weighted by molar-refractivity contribution is 6.32. The van der Waals surface area contributed by atoms with Gasteiger partial charge >= 0.3 is 0 Å². The minimum absolute atomic E-state index is 0.0688. The Bertz CT molecular complexity index is 1490. The van der Waals surface area contributed by atoms with Gasteiger partial charge in [0.15, 0.2) is 11.6 Å². The normalized spacial score (nSPS) is 13.0. The van der Waals surface area contributed by atoms with E-state index in [1.54, 1.807) is 48.5 Å². The van der Waals surface area contributed by atoms with Gasteiger partial charge in [-0.2, -0.15) is 5.01 Å². The van der Waals surface area contributed by atoms with Crippen LogP contribution < -0.4 is 5.01 Å². The number of amides is 2. The molecule has 2 N–H and O–H groups in total. The molecule has 0 radical (unpaired) electrons. The molecule has 164 valence electrons. The van der Waals surface area contributed by atoms with Crippen molar-refractivity contribution < 1.29 is 19.8 Å². The van der Waals surface area contributed by atoms with Crippen LogP contribution in [0.25, 0.3) is 33.5 Å². The van der Waals surface area contributed by atoms with Gasteiger partial charge in [-0.1, -0.05) is 24.3 Å². The lowest BCUT2D eigenvalue weighted by atomic mass is 9.95. The van der Waals surface area contributed by atoms with Gasteiger partial charge in [-0.15, -0.1) is 10.2 Å². The van der Waals surface area contributed by atoms with Crippen LogP contribution in [0.2, 0.25) is 0 Å². The molecule has 34 heavy (non-hydrogen) atoms. The fourth-order valence-corrected chi connectivity index (χ4v) is 4.25. The summed E-state index contributed by atoms with van der Waals surface area (Å²) in [6, 6.07) is 23.1.